The predicted molar refractivity (Wildman–Crippen MR) is 288 cm³/mol. The number of Topliss-reactive ketones (excluding diaryl/α,β-unsaturated/α-hetero) is 3. The van der Waals surface area contributed by atoms with Crippen molar-refractivity contribution in [3.63, 3.8) is 0 Å². The number of hydrogen-bond donors (Lipinski definition) is 8. The number of carbonyl (C=O) groups is 11. The summed E-state index contributed by atoms with van der Waals surface area (Å²) in [6, 6.07) is -2.97. The van der Waals surface area contributed by atoms with E-state index >= 15 is 0 Å². The Morgan fingerprint density at radius 3 is 1.32 bits per heavy atom. The summed E-state index contributed by atoms with van der Waals surface area (Å²) in [5.41, 5.74) is 0. The number of ether oxygens (including phenoxy) is 4. The highest BCUT2D eigenvalue weighted by Gasteiger charge is 2.27. The minimum Gasteiger partial charge on any atom is -0.481 e. The molecule has 450 valence electrons. The fourth-order valence-electron chi connectivity index (χ4n) is 7.98. The lowest BCUT2D eigenvalue weighted by Crippen LogP contribution is -2.44. The third kappa shape index (κ3) is 45.6. The molecular formula is C55H96N4O19. The van der Waals surface area contributed by atoms with E-state index in [2.05, 4.69) is 21.3 Å². The SMILES string of the molecule is CC(=O)[C@@H](C)CCCCNC(=O)COCCOCCNC(=O)COCCOCCCC(=O)CC[C@H](NC(=O)CC[C@H](NC(=O)CC[C@H](CC(=O)CCCCCCCCCCCCCCCCC(=O)O)C(=O)O)C(=O)O)C(=O)O.[HH]. The highest BCUT2D eigenvalue weighted by Crippen LogP contribution is 2.18. The van der Waals surface area contributed by atoms with E-state index in [0.717, 1.165) is 77.0 Å². The summed E-state index contributed by atoms with van der Waals surface area (Å²) < 4.78 is 21.4. The highest BCUT2D eigenvalue weighted by atomic mass is 16.5. The Labute approximate surface area is 462 Å². The molecule has 0 aliphatic heterocycles. The molecule has 4 amide bonds. The van der Waals surface area contributed by atoms with E-state index in [9.17, 15) is 68.1 Å². The van der Waals surface area contributed by atoms with Gasteiger partial charge in [-0.15, -0.1) is 0 Å². The normalized spacial score (nSPS) is 12.6. The van der Waals surface area contributed by atoms with Crippen LogP contribution in [0, 0.1) is 11.8 Å². The number of aliphatic carboxylic acids is 4. The molecule has 0 aromatic rings. The first kappa shape index (κ1) is 72.6. The summed E-state index contributed by atoms with van der Waals surface area (Å²) in [7, 11) is 0. The predicted octanol–water partition coefficient (Wildman–Crippen LogP) is 5.74. The van der Waals surface area contributed by atoms with Crippen molar-refractivity contribution in [2.24, 2.45) is 11.8 Å². The molecule has 78 heavy (non-hydrogen) atoms. The van der Waals surface area contributed by atoms with Gasteiger partial charge in [0.05, 0.1) is 39.0 Å². The zero-order chi connectivity index (χ0) is 58.2. The van der Waals surface area contributed by atoms with Gasteiger partial charge in [-0.3, -0.25) is 43.2 Å². The molecule has 0 radical (unpaired) electrons. The Bertz CT molecular complexity index is 1770. The van der Waals surface area contributed by atoms with Crippen LogP contribution in [0.2, 0.25) is 0 Å². The summed E-state index contributed by atoms with van der Waals surface area (Å²) in [6.45, 7) is 5.06. The minimum absolute atomic E-state index is 0. The lowest BCUT2D eigenvalue weighted by Gasteiger charge is -2.17. The van der Waals surface area contributed by atoms with Crippen LogP contribution < -0.4 is 21.3 Å². The summed E-state index contributed by atoms with van der Waals surface area (Å²) in [5, 5.41) is 47.6. The van der Waals surface area contributed by atoms with Crippen LogP contribution in [-0.4, -0.2) is 163 Å². The van der Waals surface area contributed by atoms with E-state index in [1.807, 2.05) is 6.92 Å². The highest BCUT2D eigenvalue weighted by molar-refractivity contribution is 5.87. The summed E-state index contributed by atoms with van der Waals surface area (Å²) >= 11 is 0. The molecule has 0 spiro atoms. The molecule has 0 saturated carbocycles. The molecule has 0 saturated heterocycles. The maximum Gasteiger partial charge on any atom is 0.326 e. The van der Waals surface area contributed by atoms with Gasteiger partial charge >= 0.3 is 23.9 Å². The van der Waals surface area contributed by atoms with Crippen LogP contribution in [0.25, 0.3) is 0 Å². The van der Waals surface area contributed by atoms with Crippen LogP contribution in [0.1, 0.15) is 195 Å². The average molecular weight is 1120 g/mol. The molecule has 23 nitrogen and oxygen atoms in total. The van der Waals surface area contributed by atoms with Crippen LogP contribution >= 0.6 is 0 Å². The van der Waals surface area contributed by atoms with E-state index in [-0.39, 0.29) is 147 Å². The second kappa shape index (κ2) is 48.7. The topological polar surface area (TPSA) is 354 Å². The molecule has 23 heteroatoms. The number of hydrogen-bond acceptors (Lipinski definition) is 15. The zero-order valence-electron chi connectivity index (χ0n) is 46.6. The Morgan fingerprint density at radius 1 is 0.397 bits per heavy atom. The molecule has 0 fully saturated rings. The van der Waals surface area contributed by atoms with Crippen LogP contribution in [0.3, 0.4) is 0 Å². The second-order valence-corrected chi connectivity index (χ2v) is 19.8. The van der Waals surface area contributed by atoms with Crippen molar-refractivity contribution in [3.05, 3.63) is 0 Å². The number of unbranched alkanes of at least 4 members (excludes halogenated alkanes) is 14. The number of ketones is 3. The molecule has 0 aromatic heterocycles. The summed E-state index contributed by atoms with van der Waals surface area (Å²) in [6.07, 6.45) is 15.6. The van der Waals surface area contributed by atoms with Gasteiger partial charge in [0.1, 0.15) is 42.6 Å². The van der Waals surface area contributed by atoms with E-state index in [1.165, 1.54) is 25.7 Å². The van der Waals surface area contributed by atoms with Crippen molar-refractivity contribution in [1.82, 2.24) is 21.3 Å². The monoisotopic (exact) mass is 1120 g/mol. The van der Waals surface area contributed by atoms with Crippen molar-refractivity contribution in [2.45, 2.75) is 206 Å². The fraction of sp³-hybridized carbons (Fsp3) is 0.800. The molecule has 4 atom stereocenters. The van der Waals surface area contributed by atoms with E-state index < -0.39 is 66.5 Å². The van der Waals surface area contributed by atoms with Gasteiger partial charge in [-0.1, -0.05) is 90.4 Å². The van der Waals surface area contributed by atoms with Gasteiger partial charge in [0.2, 0.25) is 23.6 Å². The van der Waals surface area contributed by atoms with Gasteiger partial charge in [0.25, 0.3) is 0 Å². The van der Waals surface area contributed by atoms with Crippen LogP contribution in [0.5, 0.6) is 0 Å². The first-order valence-corrected chi connectivity index (χ1v) is 28.2. The van der Waals surface area contributed by atoms with Gasteiger partial charge in [-0.05, 0) is 58.3 Å². The van der Waals surface area contributed by atoms with Gasteiger partial charge in [0, 0.05) is 72.0 Å². The number of carbonyl (C=O) groups excluding carboxylic acids is 7. The molecule has 0 aromatic carbocycles. The number of rotatable bonds is 56. The number of carboxylic acid groups (broad SMARTS) is 4. The third-order valence-electron chi connectivity index (χ3n) is 12.9. The molecule has 0 aliphatic rings. The van der Waals surface area contributed by atoms with E-state index in [4.69, 9.17) is 24.1 Å². The van der Waals surface area contributed by atoms with Gasteiger partial charge in [-0.25, -0.2) is 9.59 Å². The molecule has 0 unspecified atom stereocenters. The fourth-order valence-corrected chi connectivity index (χ4v) is 7.98. The zero-order valence-corrected chi connectivity index (χ0v) is 46.6. The molecule has 0 rings (SSSR count). The average Bonchev–Trinajstić information content (AvgIpc) is 3.38. The van der Waals surface area contributed by atoms with Crippen molar-refractivity contribution >= 4 is 64.9 Å². The Balaban J connectivity index is 0. The van der Waals surface area contributed by atoms with Crippen LogP contribution in [0.4, 0.5) is 0 Å². The lowest BCUT2D eigenvalue weighted by atomic mass is 9.94. The van der Waals surface area contributed by atoms with Gasteiger partial charge in [-0.2, -0.15) is 0 Å². The lowest BCUT2D eigenvalue weighted by molar-refractivity contribution is -0.145. The van der Waals surface area contributed by atoms with Gasteiger partial charge < -0.3 is 60.6 Å². The van der Waals surface area contributed by atoms with Crippen LogP contribution in [-0.2, 0) is 71.7 Å². The quantitative estimate of drug-likeness (QED) is 0.0336. The number of amides is 4. The maximum absolute atomic E-state index is 12.6. The minimum atomic E-state index is -1.54. The number of carboxylic acids is 4. The van der Waals surface area contributed by atoms with Crippen molar-refractivity contribution in [3.8, 4) is 0 Å². The van der Waals surface area contributed by atoms with Crippen LogP contribution in [0.15, 0.2) is 0 Å². The Morgan fingerprint density at radius 2 is 0.833 bits per heavy atom. The first-order chi connectivity index (χ1) is 37.3. The Kier molecular flexibility index (Phi) is 45.3. The molecule has 0 heterocycles. The maximum atomic E-state index is 12.6. The van der Waals surface area contributed by atoms with Crippen molar-refractivity contribution in [2.75, 3.05) is 65.9 Å². The standard InChI is InChI=1S/C55H94N4O19.H2/c1-41(42(2)60)20-17-18-30-56-50(65)39-78-37-35-76-33-31-57-51(66)40-77-36-34-75-32-19-22-44(61)25-26-46(54(71)72)58-49(64)29-27-47(55(73)74)59-48(63)28-24-43(53(69)70)38-45(62)21-15-13-11-9-7-5-3-4-6-8-10-12-14-16-23-52(67)68;/h41,43,46-47H,3-40H2,1-2H3,(H,56,65)(H,57,66)(H,58,64)(H,59,63)(H,67,68)(H,69,70)(H,71,72)(H,73,74);1H/t41-,43+,46-,47-;/m0./s1. The smallest absolute Gasteiger partial charge is 0.326 e. The molecule has 0 bridgehead atoms. The third-order valence-corrected chi connectivity index (χ3v) is 12.9. The van der Waals surface area contributed by atoms with E-state index in [0.29, 0.717) is 19.4 Å². The van der Waals surface area contributed by atoms with Crippen molar-refractivity contribution in [1.29, 1.82) is 0 Å². The summed E-state index contributed by atoms with van der Waals surface area (Å²) in [4.78, 5) is 131. The molecular weight excluding hydrogens is 1020 g/mol. The first-order valence-electron chi connectivity index (χ1n) is 28.2. The van der Waals surface area contributed by atoms with E-state index in [1.54, 1.807) is 6.92 Å². The molecule has 8 N–H and O–H groups in total. The second-order valence-electron chi connectivity index (χ2n) is 19.8. The molecule has 0 aliphatic carbocycles. The largest absolute Gasteiger partial charge is 0.481 e. The number of nitrogens with one attached hydrogen (secondary N) is 4. The van der Waals surface area contributed by atoms with Gasteiger partial charge in [0.15, 0.2) is 0 Å². The van der Waals surface area contributed by atoms with Crippen molar-refractivity contribution < 1.29 is 93.5 Å². The summed E-state index contributed by atoms with van der Waals surface area (Å²) in [5.74, 6) is -8.49. The Hall–Kier alpha value is -5.39.